The third-order valence-electron chi connectivity index (χ3n) is 2.46. The summed E-state index contributed by atoms with van der Waals surface area (Å²) in [4.78, 5) is 10.6. The smallest absolute Gasteiger partial charge is 0.328 e. The van der Waals surface area contributed by atoms with Crippen LogP contribution in [0.1, 0.15) is 51.9 Å². The van der Waals surface area contributed by atoms with Crippen molar-refractivity contribution in [1.82, 2.24) is 10.4 Å². The topological polar surface area (TPSA) is 58.4 Å². The summed E-state index contributed by atoms with van der Waals surface area (Å²) in [6.45, 7) is 3.05. The summed E-state index contributed by atoms with van der Waals surface area (Å²) < 4.78 is 0. The van der Waals surface area contributed by atoms with Crippen LogP contribution in [0.15, 0.2) is 0 Å². The Morgan fingerprint density at radius 3 is 2.20 bits per heavy atom. The number of urea groups is 1. The minimum absolute atomic E-state index is 0.432. The Morgan fingerprint density at radius 1 is 1.13 bits per heavy atom. The molecule has 0 rings (SSSR count). The predicted molar refractivity (Wildman–Crippen MR) is 63.3 cm³/mol. The molecule has 3 N–H and O–H groups in total. The van der Waals surface area contributed by atoms with E-state index in [4.69, 9.17) is 5.73 Å². The summed E-state index contributed by atoms with van der Waals surface area (Å²) in [5.74, 6) is 0. The standard InChI is InChI=1S/C11H25N3O/c1-3-4-5-6-7-8-9-10-13-14(2)11(12)15/h13H,3-10H2,1-2H3,(H2,12,15). The van der Waals surface area contributed by atoms with Gasteiger partial charge in [-0.25, -0.2) is 10.2 Å². The zero-order valence-electron chi connectivity index (χ0n) is 10.1. The van der Waals surface area contributed by atoms with E-state index in [1.807, 2.05) is 0 Å². The molecule has 0 aromatic rings. The Labute approximate surface area is 93.2 Å². The van der Waals surface area contributed by atoms with Crippen molar-refractivity contribution < 1.29 is 4.79 Å². The molecule has 0 saturated heterocycles. The van der Waals surface area contributed by atoms with Crippen LogP contribution in [-0.2, 0) is 0 Å². The first-order valence-electron chi connectivity index (χ1n) is 5.95. The van der Waals surface area contributed by atoms with Gasteiger partial charge in [-0.2, -0.15) is 0 Å². The predicted octanol–water partition coefficient (Wildman–Crippen LogP) is 2.25. The third kappa shape index (κ3) is 9.53. The average molecular weight is 215 g/mol. The summed E-state index contributed by atoms with van der Waals surface area (Å²) >= 11 is 0. The lowest BCUT2D eigenvalue weighted by Crippen LogP contribution is -2.43. The van der Waals surface area contributed by atoms with Crippen molar-refractivity contribution >= 4 is 6.03 Å². The lowest BCUT2D eigenvalue weighted by Gasteiger charge is -2.15. The second-order valence-electron chi connectivity index (χ2n) is 3.93. The largest absolute Gasteiger partial charge is 0.350 e. The van der Waals surface area contributed by atoms with Crippen LogP contribution < -0.4 is 11.2 Å². The second kappa shape index (κ2) is 9.77. The number of hydrogen-bond donors (Lipinski definition) is 2. The summed E-state index contributed by atoms with van der Waals surface area (Å²) in [6, 6.07) is -0.432. The zero-order chi connectivity index (χ0) is 11.5. The van der Waals surface area contributed by atoms with Gasteiger partial charge in [0.05, 0.1) is 0 Å². The van der Waals surface area contributed by atoms with Gasteiger partial charge in [-0.3, -0.25) is 5.01 Å². The average Bonchev–Trinajstić information content (AvgIpc) is 2.21. The van der Waals surface area contributed by atoms with E-state index in [2.05, 4.69) is 12.3 Å². The van der Waals surface area contributed by atoms with Crippen LogP contribution in [0.2, 0.25) is 0 Å². The van der Waals surface area contributed by atoms with E-state index in [-0.39, 0.29) is 0 Å². The Hall–Kier alpha value is -0.770. The van der Waals surface area contributed by atoms with Crippen molar-refractivity contribution in [3.63, 3.8) is 0 Å². The maximum Gasteiger partial charge on any atom is 0.328 e. The lowest BCUT2D eigenvalue weighted by atomic mass is 10.1. The molecule has 0 aromatic carbocycles. The van der Waals surface area contributed by atoms with Gasteiger partial charge in [-0.15, -0.1) is 0 Å². The fourth-order valence-corrected chi connectivity index (χ4v) is 1.41. The first-order valence-corrected chi connectivity index (χ1v) is 5.95. The number of rotatable bonds is 9. The number of nitrogens with zero attached hydrogens (tertiary/aromatic N) is 1. The van der Waals surface area contributed by atoms with Crippen LogP contribution in [-0.4, -0.2) is 24.6 Å². The van der Waals surface area contributed by atoms with E-state index in [0.29, 0.717) is 0 Å². The number of nitrogens with one attached hydrogen (secondary N) is 1. The van der Waals surface area contributed by atoms with Crippen LogP contribution in [0.5, 0.6) is 0 Å². The van der Waals surface area contributed by atoms with Gasteiger partial charge < -0.3 is 5.73 Å². The summed E-state index contributed by atoms with van der Waals surface area (Å²) in [7, 11) is 1.64. The number of nitrogens with two attached hydrogens (primary N) is 1. The Balaban J connectivity index is 3.08. The highest BCUT2D eigenvalue weighted by Gasteiger charge is 1.99. The van der Waals surface area contributed by atoms with Crippen molar-refractivity contribution in [3.8, 4) is 0 Å². The molecule has 0 spiro atoms. The molecule has 2 amide bonds. The SMILES string of the molecule is CCCCCCCCCNN(C)C(N)=O. The zero-order valence-corrected chi connectivity index (χ0v) is 10.1. The first-order chi connectivity index (χ1) is 7.18. The summed E-state index contributed by atoms with van der Waals surface area (Å²) in [6.07, 6.45) is 8.95. The Morgan fingerprint density at radius 2 is 1.67 bits per heavy atom. The number of primary amides is 1. The molecule has 4 nitrogen and oxygen atoms in total. The van der Waals surface area contributed by atoms with Gasteiger partial charge in [0.25, 0.3) is 0 Å². The van der Waals surface area contributed by atoms with Crippen molar-refractivity contribution in [2.75, 3.05) is 13.6 Å². The van der Waals surface area contributed by atoms with Gasteiger partial charge in [-0.1, -0.05) is 45.4 Å². The lowest BCUT2D eigenvalue weighted by molar-refractivity contribution is 0.196. The molecule has 90 valence electrons. The van der Waals surface area contributed by atoms with Crippen molar-refractivity contribution in [2.45, 2.75) is 51.9 Å². The molecule has 0 aromatic heterocycles. The number of unbranched alkanes of at least 4 members (excludes halogenated alkanes) is 6. The number of carbonyl (C=O) groups excluding carboxylic acids is 1. The van der Waals surface area contributed by atoms with E-state index < -0.39 is 6.03 Å². The minimum atomic E-state index is -0.432. The van der Waals surface area contributed by atoms with Gasteiger partial charge in [0.2, 0.25) is 0 Å². The maximum atomic E-state index is 10.6. The first kappa shape index (κ1) is 14.2. The minimum Gasteiger partial charge on any atom is -0.350 e. The number of hydrogen-bond acceptors (Lipinski definition) is 2. The van der Waals surface area contributed by atoms with E-state index >= 15 is 0 Å². The summed E-state index contributed by atoms with van der Waals surface area (Å²) in [5, 5.41) is 1.33. The van der Waals surface area contributed by atoms with Gasteiger partial charge in [0, 0.05) is 13.6 Å². The normalized spacial score (nSPS) is 10.3. The fraction of sp³-hybridized carbons (Fsp3) is 0.909. The molecule has 0 fully saturated rings. The molecule has 15 heavy (non-hydrogen) atoms. The van der Waals surface area contributed by atoms with Crippen molar-refractivity contribution in [3.05, 3.63) is 0 Å². The maximum absolute atomic E-state index is 10.6. The molecule has 0 aliphatic rings. The van der Waals surface area contributed by atoms with Crippen LogP contribution in [0, 0.1) is 0 Å². The molecule has 0 atom stereocenters. The molecule has 0 unspecified atom stereocenters. The van der Waals surface area contributed by atoms with Crippen molar-refractivity contribution in [1.29, 1.82) is 0 Å². The van der Waals surface area contributed by atoms with E-state index in [0.717, 1.165) is 13.0 Å². The molecule has 4 heteroatoms. The number of amides is 2. The van der Waals surface area contributed by atoms with Crippen LogP contribution in [0.25, 0.3) is 0 Å². The van der Waals surface area contributed by atoms with E-state index in [1.54, 1.807) is 7.05 Å². The highest BCUT2D eigenvalue weighted by Crippen LogP contribution is 2.06. The molecular formula is C11H25N3O. The molecule has 0 heterocycles. The molecule has 0 aliphatic heterocycles. The van der Waals surface area contributed by atoms with Gasteiger partial charge >= 0.3 is 6.03 Å². The second-order valence-corrected chi connectivity index (χ2v) is 3.93. The van der Waals surface area contributed by atoms with E-state index in [1.165, 1.54) is 43.5 Å². The molecule has 0 radical (unpaired) electrons. The molecule has 0 aliphatic carbocycles. The van der Waals surface area contributed by atoms with Crippen LogP contribution in [0.3, 0.4) is 0 Å². The highest BCUT2D eigenvalue weighted by atomic mass is 16.2. The van der Waals surface area contributed by atoms with Gasteiger partial charge in [0.15, 0.2) is 0 Å². The quantitative estimate of drug-likeness (QED) is 0.458. The Bertz CT molecular complexity index is 162. The summed E-state index contributed by atoms with van der Waals surface area (Å²) in [5.41, 5.74) is 8.00. The van der Waals surface area contributed by atoms with Crippen LogP contribution >= 0.6 is 0 Å². The monoisotopic (exact) mass is 215 g/mol. The molecule has 0 saturated carbocycles. The van der Waals surface area contributed by atoms with E-state index in [9.17, 15) is 4.79 Å². The Kier molecular flexibility index (Phi) is 9.27. The van der Waals surface area contributed by atoms with Crippen LogP contribution in [0.4, 0.5) is 4.79 Å². The molecule has 0 bridgehead atoms. The molecular weight excluding hydrogens is 190 g/mol. The van der Waals surface area contributed by atoms with Crippen molar-refractivity contribution in [2.24, 2.45) is 5.73 Å². The number of carbonyl (C=O) groups is 1. The fourth-order valence-electron chi connectivity index (χ4n) is 1.41. The third-order valence-corrected chi connectivity index (χ3v) is 2.46. The number of hydrazine groups is 1. The van der Waals surface area contributed by atoms with Gasteiger partial charge in [0.1, 0.15) is 0 Å². The highest BCUT2D eigenvalue weighted by molar-refractivity contribution is 5.70. The van der Waals surface area contributed by atoms with Gasteiger partial charge in [-0.05, 0) is 6.42 Å².